The average molecular weight is 300 g/mol. The summed E-state index contributed by atoms with van der Waals surface area (Å²) >= 11 is 3.35. The molecule has 0 aliphatic heterocycles. The van der Waals surface area contributed by atoms with Crippen molar-refractivity contribution in [2.75, 3.05) is 0 Å². The molecule has 1 aromatic heterocycles. The van der Waals surface area contributed by atoms with Crippen molar-refractivity contribution >= 4 is 15.9 Å². The standard InChI is InChI=1S/C14H22BrNO/c1-4-11-5-6-12(9(11)2)16-10(3)13-7-8-14(15)17-13/h7-12,16H,4-6H2,1-3H3. The van der Waals surface area contributed by atoms with Crippen molar-refractivity contribution < 1.29 is 4.42 Å². The average Bonchev–Trinajstić information content (AvgIpc) is 2.87. The highest BCUT2D eigenvalue weighted by molar-refractivity contribution is 9.10. The van der Waals surface area contributed by atoms with Crippen molar-refractivity contribution in [1.82, 2.24) is 5.32 Å². The maximum absolute atomic E-state index is 5.60. The van der Waals surface area contributed by atoms with Crippen molar-refractivity contribution in [2.24, 2.45) is 11.8 Å². The molecular weight excluding hydrogens is 278 g/mol. The van der Waals surface area contributed by atoms with Crippen LogP contribution in [-0.2, 0) is 0 Å². The fraction of sp³-hybridized carbons (Fsp3) is 0.714. The molecule has 4 atom stereocenters. The summed E-state index contributed by atoms with van der Waals surface area (Å²) in [6.07, 6.45) is 3.97. The Kier molecular flexibility index (Phi) is 4.31. The summed E-state index contributed by atoms with van der Waals surface area (Å²) in [6.45, 7) is 6.86. The largest absolute Gasteiger partial charge is 0.453 e. The van der Waals surface area contributed by atoms with Crippen LogP contribution >= 0.6 is 15.9 Å². The molecule has 1 aliphatic carbocycles. The molecule has 1 aliphatic rings. The van der Waals surface area contributed by atoms with Crippen molar-refractivity contribution in [2.45, 2.75) is 52.1 Å². The van der Waals surface area contributed by atoms with Gasteiger partial charge in [0.1, 0.15) is 5.76 Å². The lowest BCUT2D eigenvalue weighted by Gasteiger charge is -2.24. The van der Waals surface area contributed by atoms with Crippen LogP contribution in [0, 0.1) is 11.8 Å². The molecule has 0 amide bonds. The molecule has 3 heteroatoms. The minimum Gasteiger partial charge on any atom is -0.453 e. The van der Waals surface area contributed by atoms with Gasteiger partial charge in [0.15, 0.2) is 4.67 Å². The predicted molar refractivity (Wildman–Crippen MR) is 73.9 cm³/mol. The molecule has 1 aromatic rings. The van der Waals surface area contributed by atoms with E-state index >= 15 is 0 Å². The fourth-order valence-electron chi connectivity index (χ4n) is 3.02. The molecule has 0 bridgehead atoms. The van der Waals surface area contributed by atoms with Gasteiger partial charge < -0.3 is 9.73 Å². The molecule has 0 saturated heterocycles. The SMILES string of the molecule is CCC1CCC(NC(C)c2ccc(Br)o2)C1C. The van der Waals surface area contributed by atoms with E-state index in [2.05, 4.69) is 42.0 Å². The van der Waals surface area contributed by atoms with Crippen LogP contribution in [0.25, 0.3) is 0 Å². The van der Waals surface area contributed by atoms with E-state index in [0.29, 0.717) is 12.1 Å². The zero-order valence-electron chi connectivity index (χ0n) is 10.9. The molecule has 17 heavy (non-hydrogen) atoms. The van der Waals surface area contributed by atoms with Crippen molar-refractivity contribution in [3.05, 3.63) is 22.6 Å². The van der Waals surface area contributed by atoms with Crippen molar-refractivity contribution in [3.63, 3.8) is 0 Å². The lowest BCUT2D eigenvalue weighted by atomic mass is 9.93. The Morgan fingerprint density at radius 3 is 2.76 bits per heavy atom. The lowest BCUT2D eigenvalue weighted by molar-refractivity contribution is 0.309. The Balaban J connectivity index is 1.93. The second kappa shape index (κ2) is 5.57. The molecular formula is C14H22BrNO. The molecule has 96 valence electrons. The van der Waals surface area contributed by atoms with E-state index < -0.39 is 0 Å². The third-order valence-electron chi connectivity index (χ3n) is 4.24. The smallest absolute Gasteiger partial charge is 0.169 e. The van der Waals surface area contributed by atoms with E-state index in [9.17, 15) is 0 Å². The molecule has 0 radical (unpaired) electrons. The Bertz CT molecular complexity index is 363. The van der Waals surface area contributed by atoms with Crippen molar-refractivity contribution in [1.29, 1.82) is 0 Å². The van der Waals surface area contributed by atoms with Crippen molar-refractivity contribution in [3.8, 4) is 0 Å². The summed E-state index contributed by atoms with van der Waals surface area (Å²) in [4.78, 5) is 0. The van der Waals surface area contributed by atoms with Crippen LogP contribution in [0.4, 0.5) is 0 Å². The molecule has 0 spiro atoms. The summed E-state index contributed by atoms with van der Waals surface area (Å²) in [5.41, 5.74) is 0. The molecule has 1 N–H and O–H groups in total. The second-order valence-electron chi connectivity index (χ2n) is 5.24. The lowest BCUT2D eigenvalue weighted by Crippen LogP contribution is -2.34. The second-order valence-corrected chi connectivity index (χ2v) is 6.02. The van der Waals surface area contributed by atoms with Gasteiger partial charge in [-0.3, -0.25) is 0 Å². The first-order valence-electron chi connectivity index (χ1n) is 6.63. The van der Waals surface area contributed by atoms with E-state index in [1.165, 1.54) is 19.3 Å². The van der Waals surface area contributed by atoms with Crippen LogP contribution in [0.5, 0.6) is 0 Å². The van der Waals surface area contributed by atoms with Gasteiger partial charge >= 0.3 is 0 Å². The summed E-state index contributed by atoms with van der Waals surface area (Å²) in [5.74, 6) is 2.69. The number of rotatable bonds is 4. The van der Waals surface area contributed by atoms with Gasteiger partial charge in [-0.05, 0) is 59.7 Å². The zero-order chi connectivity index (χ0) is 12.4. The maximum Gasteiger partial charge on any atom is 0.169 e. The first-order valence-corrected chi connectivity index (χ1v) is 7.42. The number of nitrogens with one attached hydrogen (secondary N) is 1. The summed E-state index contributed by atoms with van der Waals surface area (Å²) in [5, 5.41) is 3.71. The summed E-state index contributed by atoms with van der Waals surface area (Å²) in [7, 11) is 0. The first kappa shape index (κ1) is 13.2. The number of furan rings is 1. The molecule has 2 rings (SSSR count). The normalized spacial score (nSPS) is 30.7. The number of hydrogen-bond donors (Lipinski definition) is 1. The van der Waals surface area contributed by atoms with Gasteiger partial charge in [-0.15, -0.1) is 0 Å². The first-order chi connectivity index (χ1) is 8.11. The minimum atomic E-state index is 0.296. The van der Waals surface area contributed by atoms with Gasteiger partial charge in [-0.2, -0.15) is 0 Å². The molecule has 1 saturated carbocycles. The van der Waals surface area contributed by atoms with Gasteiger partial charge in [-0.25, -0.2) is 0 Å². The van der Waals surface area contributed by atoms with E-state index in [1.807, 2.05) is 12.1 Å². The van der Waals surface area contributed by atoms with E-state index in [1.54, 1.807) is 0 Å². The molecule has 1 heterocycles. The molecule has 2 nitrogen and oxygen atoms in total. The monoisotopic (exact) mass is 299 g/mol. The predicted octanol–water partition coefficient (Wildman–Crippen LogP) is 4.52. The van der Waals surface area contributed by atoms with Gasteiger partial charge in [0.05, 0.1) is 6.04 Å². The maximum atomic E-state index is 5.60. The van der Waals surface area contributed by atoms with Crippen LogP contribution in [0.15, 0.2) is 21.2 Å². The topological polar surface area (TPSA) is 25.2 Å². The van der Waals surface area contributed by atoms with E-state index in [-0.39, 0.29) is 0 Å². The molecule has 4 unspecified atom stereocenters. The van der Waals surface area contributed by atoms with Crippen LogP contribution in [0.2, 0.25) is 0 Å². The van der Waals surface area contributed by atoms with Gasteiger partial charge in [0.25, 0.3) is 0 Å². The Hall–Kier alpha value is -0.280. The van der Waals surface area contributed by atoms with Crippen LogP contribution in [0.3, 0.4) is 0 Å². The quantitative estimate of drug-likeness (QED) is 0.884. The van der Waals surface area contributed by atoms with Gasteiger partial charge in [0.2, 0.25) is 0 Å². The molecule has 1 fully saturated rings. The summed E-state index contributed by atoms with van der Waals surface area (Å²) < 4.78 is 6.41. The third kappa shape index (κ3) is 2.94. The van der Waals surface area contributed by atoms with Gasteiger partial charge in [0, 0.05) is 6.04 Å². The number of halogens is 1. The van der Waals surface area contributed by atoms with E-state index in [4.69, 9.17) is 4.42 Å². The highest BCUT2D eigenvalue weighted by atomic mass is 79.9. The minimum absolute atomic E-state index is 0.296. The Labute approximate surface area is 112 Å². The highest BCUT2D eigenvalue weighted by Crippen LogP contribution is 2.35. The summed E-state index contributed by atoms with van der Waals surface area (Å²) in [6, 6.07) is 4.93. The van der Waals surface area contributed by atoms with E-state index in [0.717, 1.165) is 22.3 Å². The Morgan fingerprint density at radius 1 is 1.47 bits per heavy atom. The Morgan fingerprint density at radius 2 is 2.24 bits per heavy atom. The highest BCUT2D eigenvalue weighted by Gasteiger charge is 2.32. The third-order valence-corrected chi connectivity index (χ3v) is 4.66. The van der Waals surface area contributed by atoms with Crippen LogP contribution in [0.1, 0.15) is 51.8 Å². The van der Waals surface area contributed by atoms with Crippen LogP contribution < -0.4 is 5.32 Å². The zero-order valence-corrected chi connectivity index (χ0v) is 12.5. The van der Waals surface area contributed by atoms with Crippen LogP contribution in [-0.4, -0.2) is 6.04 Å². The van der Waals surface area contributed by atoms with Gasteiger partial charge in [-0.1, -0.05) is 20.3 Å². The number of hydrogen-bond acceptors (Lipinski definition) is 2. The molecule has 0 aromatic carbocycles. The fourth-order valence-corrected chi connectivity index (χ4v) is 3.34.